The summed E-state index contributed by atoms with van der Waals surface area (Å²) in [4.78, 5) is 22.4. The molecule has 0 aromatic heterocycles. The molecule has 1 aromatic rings. The van der Waals surface area contributed by atoms with Crippen molar-refractivity contribution in [2.75, 3.05) is 6.61 Å². The van der Waals surface area contributed by atoms with Crippen LogP contribution in [0.2, 0.25) is 0 Å². The van der Waals surface area contributed by atoms with E-state index in [0.717, 1.165) is 19.4 Å². The number of rotatable bonds is 6. The molecular weight excluding hydrogens is 396 g/mol. The van der Waals surface area contributed by atoms with E-state index in [9.17, 15) is 28.2 Å². The van der Waals surface area contributed by atoms with Crippen molar-refractivity contribution < 1.29 is 46.6 Å². The van der Waals surface area contributed by atoms with Gasteiger partial charge in [-0.1, -0.05) is 17.7 Å². The molecule has 0 bridgehead atoms. The maximum atomic E-state index is 12.3. The molecule has 0 aliphatic carbocycles. The van der Waals surface area contributed by atoms with Crippen molar-refractivity contribution >= 4 is 22.1 Å². The largest absolute Gasteiger partial charge is 0.455 e. The van der Waals surface area contributed by atoms with Gasteiger partial charge < -0.3 is 24.4 Å². The van der Waals surface area contributed by atoms with Crippen LogP contribution in [0.3, 0.4) is 0 Å². The minimum absolute atomic E-state index is 0.0988. The third-order valence-electron chi connectivity index (χ3n) is 3.94. The third-order valence-corrected chi connectivity index (χ3v) is 5.23. The first-order valence-electron chi connectivity index (χ1n) is 8.33. The fourth-order valence-corrected chi connectivity index (χ4v) is 3.54. The van der Waals surface area contributed by atoms with Crippen LogP contribution in [0.1, 0.15) is 19.4 Å². The quantitative estimate of drug-likeness (QED) is 0.464. The number of carbonyl (C=O) groups excluding carboxylic acids is 2. The predicted molar refractivity (Wildman–Crippen MR) is 92.3 cm³/mol. The number of aryl methyl sites for hydroxylation is 1. The monoisotopic (exact) mass is 418 g/mol. The van der Waals surface area contributed by atoms with Crippen LogP contribution in [0.15, 0.2) is 29.2 Å². The Morgan fingerprint density at radius 2 is 1.57 bits per heavy atom. The molecular formula is C17H22O10S. The molecule has 0 saturated carbocycles. The van der Waals surface area contributed by atoms with Gasteiger partial charge in [-0.15, -0.1) is 0 Å². The summed E-state index contributed by atoms with van der Waals surface area (Å²) in [5.74, 6) is -1.60. The Kier molecular flexibility index (Phi) is 7.12. The first kappa shape index (κ1) is 22.2. The Bertz CT molecular complexity index is 804. The summed E-state index contributed by atoms with van der Waals surface area (Å²) in [7, 11) is -4.16. The Morgan fingerprint density at radius 3 is 2.11 bits per heavy atom. The van der Waals surface area contributed by atoms with Crippen LogP contribution in [0.25, 0.3) is 0 Å². The van der Waals surface area contributed by atoms with Gasteiger partial charge in [-0.3, -0.25) is 13.8 Å². The Morgan fingerprint density at radius 1 is 1.04 bits per heavy atom. The van der Waals surface area contributed by atoms with E-state index in [2.05, 4.69) is 0 Å². The highest BCUT2D eigenvalue weighted by molar-refractivity contribution is 7.86. The topological polar surface area (TPSA) is 146 Å². The zero-order valence-corrected chi connectivity index (χ0v) is 16.3. The summed E-state index contributed by atoms with van der Waals surface area (Å²) >= 11 is 0. The smallest absolute Gasteiger partial charge is 0.303 e. The maximum absolute atomic E-state index is 12.3. The average Bonchev–Trinajstić information content (AvgIpc) is 2.59. The molecule has 0 unspecified atom stereocenters. The SMILES string of the molecule is CC(=O)O[C@@H]1[C@@H](OC(C)=O)[C@H](O)[C@@H](COS(=O)(=O)c2ccc(C)cc2)O[C@@H]1O. The fourth-order valence-electron chi connectivity index (χ4n) is 2.62. The van der Waals surface area contributed by atoms with Crippen molar-refractivity contribution in [3.05, 3.63) is 29.8 Å². The van der Waals surface area contributed by atoms with Gasteiger partial charge in [0.2, 0.25) is 0 Å². The molecule has 156 valence electrons. The molecule has 1 saturated heterocycles. The minimum Gasteiger partial charge on any atom is -0.455 e. The molecule has 0 spiro atoms. The number of esters is 2. The van der Waals surface area contributed by atoms with Crippen molar-refractivity contribution in [1.82, 2.24) is 0 Å². The molecule has 1 aliphatic rings. The van der Waals surface area contributed by atoms with Crippen LogP contribution in [0.4, 0.5) is 0 Å². The summed E-state index contributed by atoms with van der Waals surface area (Å²) in [6.45, 7) is 3.25. The highest BCUT2D eigenvalue weighted by atomic mass is 32.2. The molecule has 0 amide bonds. The summed E-state index contributed by atoms with van der Waals surface area (Å²) in [6, 6.07) is 5.89. The lowest BCUT2D eigenvalue weighted by molar-refractivity contribution is -0.291. The molecule has 1 aliphatic heterocycles. The molecule has 2 rings (SSSR count). The molecule has 2 N–H and O–H groups in total. The molecule has 0 radical (unpaired) electrons. The van der Waals surface area contributed by atoms with E-state index in [4.69, 9.17) is 18.4 Å². The van der Waals surface area contributed by atoms with Gasteiger partial charge in [-0.2, -0.15) is 8.42 Å². The van der Waals surface area contributed by atoms with Crippen molar-refractivity contribution in [3.63, 3.8) is 0 Å². The van der Waals surface area contributed by atoms with Crippen LogP contribution < -0.4 is 0 Å². The number of carbonyl (C=O) groups is 2. The summed E-state index contributed by atoms with van der Waals surface area (Å²) in [5, 5.41) is 20.5. The van der Waals surface area contributed by atoms with Crippen LogP contribution in [0, 0.1) is 6.92 Å². The lowest BCUT2D eigenvalue weighted by Crippen LogP contribution is -2.61. The van der Waals surface area contributed by atoms with Gasteiger partial charge in [0, 0.05) is 13.8 Å². The van der Waals surface area contributed by atoms with E-state index >= 15 is 0 Å². The van der Waals surface area contributed by atoms with E-state index in [1.165, 1.54) is 12.1 Å². The molecule has 1 heterocycles. The number of hydrogen-bond donors (Lipinski definition) is 2. The van der Waals surface area contributed by atoms with Gasteiger partial charge >= 0.3 is 11.9 Å². The van der Waals surface area contributed by atoms with Gasteiger partial charge in [0.15, 0.2) is 18.5 Å². The zero-order valence-electron chi connectivity index (χ0n) is 15.5. The number of aliphatic hydroxyl groups excluding tert-OH is 2. The third kappa shape index (κ3) is 5.49. The highest BCUT2D eigenvalue weighted by Gasteiger charge is 2.49. The summed E-state index contributed by atoms with van der Waals surface area (Å²) < 4.78 is 44.4. The Hall–Kier alpha value is -2.05. The molecule has 1 fully saturated rings. The summed E-state index contributed by atoms with van der Waals surface area (Å²) in [6.07, 6.45) is -7.72. The van der Waals surface area contributed by atoms with Gasteiger partial charge in [0.05, 0.1) is 11.5 Å². The Labute approximate surface area is 162 Å². The van der Waals surface area contributed by atoms with E-state index < -0.39 is 59.4 Å². The standard InChI is InChI=1S/C17H22O10S/c1-9-4-6-12(7-5-9)28(22,23)24-8-13-14(20)15(25-10(2)18)16(17(21)27-13)26-11(3)19/h4-7,13-17,20-21H,8H2,1-3H3/t13-,14-,15+,16-,17+/m1/s1. The summed E-state index contributed by atoms with van der Waals surface area (Å²) in [5.41, 5.74) is 0.855. The first-order chi connectivity index (χ1) is 13.0. The molecule has 11 heteroatoms. The minimum atomic E-state index is -4.16. The van der Waals surface area contributed by atoms with Crippen molar-refractivity contribution in [3.8, 4) is 0 Å². The second-order valence-corrected chi connectivity index (χ2v) is 7.87. The van der Waals surface area contributed by atoms with Gasteiger partial charge in [0.25, 0.3) is 10.1 Å². The van der Waals surface area contributed by atoms with E-state index in [1.54, 1.807) is 19.1 Å². The number of ether oxygens (including phenoxy) is 3. The molecule has 1 aromatic carbocycles. The molecule has 28 heavy (non-hydrogen) atoms. The van der Waals surface area contributed by atoms with Crippen molar-refractivity contribution in [2.24, 2.45) is 0 Å². The van der Waals surface area contributed by atoms with Crippen molar-refractivity contribution in [1.29, 1.82) is 0 Å². The lowest BCUT2D eigenvalue weighted by atomic mass is 9.99. The second kappa shape index (κ2) is 8.97. The second-order valence-electron chi connectivity index (χ2n) is 6.26. The highest BCUT2D eigenvalue weighted by Crippen LogP contribution is 2.26. The van der Waals surface area contributed by atoms with Crippen LogP contribution >= 0.6 is 0 Å². The van der Waals surface area contributed by atoms with E-state index in [-0.39, 0.29) is 4.90 Å². The van der Waals surface area contributed by atoms with Gasteiger partial charge in [-0.05, 0) is 19.1 Å². The van der Waals surface area contributed by atoms with Crippen molar-refractivity contribution in [2.45, 2.75) is 56.4 Å². The zero-order chi connectivity index (χ0) is 21.1. The van der Waals surface area contributed by atoms with Gasteiger partial charge in [-0.25, -0.2) is 0 Å². The van der Waals surface area contributed by atoms with Crippen LogP contribution in [0.5, 0.6) is 0 Å². The number of benzene rings is 1. The maximum Gasteiger partial charge on any atom is 0.303 e. The fraction of sp³-hybridized carbons (Fsp3) is 0.529. The molecule has 5 atom stereocenters. The van der Waals surface area contributed by atoms with Crippen LogP contribution in [-0.2, 0) is 38.1 Å². The van der Waals surface area contributed by atoms with E-state index in [0.29, 0.717) is 0 Å². The number of hydrogen-bond acceptors (Lipinski definition) is 10. The van der Waals surface area contributed by atoms with Crippen LogP contribution in [-0.4, -0.2) is 67.9 Å². The first-order valence-corrected chi connectivity index (χ1v) is 9.74. The Balaban J connectivity index is 2.13. The normalized spacial score (nSPS) is 27.8. The molecule has 10 nitrogen and oxygen atoms in total. The predicted octanol–water partition coefficient (Wildman–Crippen LogP) is -0.358. The number of aliphatic hydroxyl groups is 2. The van der Waals surface area contributed by atoms with Gasteiger partial charge in [0.1, 0.15) is 12.2 Å². The lowest BCUT2D eigenvalue weighted by Gasteiger charge is -2.41. The van der Waals surface area contributed by atoms with E-state index in [1.807, 2.05) is 0 Å². The average molecular weight is 418 g/mol.